The molecule has 1 aliphatic carbocycles. The molecule has 0 saturated heterocycles. The van der Waals surface area contributed by atoms with Crippen LogP contribution in [-0.4, -0.2) is 12.1 Å². The molecule has 0 aromatic heterocycles. The molecule has 100 valence electrons. The maximum absolute atomic E-state index is 6.18. The average molecular weight is 268 g/mol. The number of nitrogens with two attached hydrogens (primary N) is 1. The van der Waals surface area contributed by atoms with E-state index in [1.54, 1.807) is 0 Å². The zero-order valence-corrected chi connectivity index (χ0v) is 12.1. The third-order valence-electron chi connectivity index (χ3n) is 4.58. The van der Waals surface area contributed by atoms with Crippen LogP contribution in [0.1, 0.15) is 38.7 Å². The molecule has 1 saturated carbocycles. The van der Waals surface area contributed by atoms with E-state index in [1.807, 2.05) is 25.1 Å². The highest BCUT2D eigenvalue weighted by Crippen LogP contribution is 2.48. The molecule has 2 rings (SSSR count). The summed E-state index contributed by atoms with van der Waals surface area (Å²) in [7, 11) is 0. The summed E-state index contributed by atoms with van der Waals surface area (Å²) in [5, 5.41) is 0.720. The minimum absolute atomic E-state index is 0.134. The van der Waals surface area contributed by atoms with Crippen LogP contribution in [0.2, 0.25) is 5.02 Å². The summed E-state index contributed by atoms with van der Waals surface area (Å²) in [5.74, 6) is 0.894. The van der Waals surface area contributed by atoms with E-state index >= 15 is 0 Å². The molecule has 0 radical (unpaired) electrons. The molecule has 18 heavy (non-hydrogen) atoms. The Kier molecular flexibility index (Phi) is 3.88. The fourth-order valence-corrected chi connectivity index (χ4v) is 3.19. The second-order valence-electron chi connectivity index (χ2n) is 5.30. The normalized spacial score (nSPS) is 25.6. The van der Waals surface area contributed by atoms with Crippen LogP contribution < -0.4 is 10.5 Å². The van der Waals surface area contributed by atoms with Crippen LogP contribution in [0.25, 0.3) is 0 Å². The second-order valence-corrected chi connectivity index (χ2v) is 5.74. The molecular weight excluding hydrogens is 246 g/mol. The van der Waals surface area contributed by atoms with Gasteiger partial charge in [0.15, 0.2) is 0 Å². The topological polar surface area (TPSA) is 35.2 Å². The molecule has 1 aromatic rings. The highest BCUT2D eigenvalue weighted by Gasteiger charge is 2.52. The minimum Gasteiger partial charge on any atom is -0.489 e. The van der Waals surface area contributed by atoms with Gasteiger partial charge in [0.1, 0.15) is 11.9 Å². The van der Waals surface area contributed by atoms with Gasteiger partial charge in [-0.05, 0) is 37.5 Å². The molecule has 0 amide bonds. The van der Waals surface area contributed by atoms with Crippen LogP contribution in [0.15, 0.2) is 18.2 Å². The molecular formula is C15H22ClNO. The molecule has 0 aliphatic heterocycles. The third kappa shape index (κ3) is 2.12. The Labute approximate surface area is 114 Å². The first-order valence-electron chi connectivity index (χ1n) is 6.72. The third-order valence-corrected chi connectivity index (χ3v) is 4.82. The molecule has 0 heterocycles. The maximum Gasteiger partial charge on any atom is 0.124 e. The van der Waals surface area contributed by atoms with Crippen molar-refractivity contribution in [3.05, 3.63) is 28.8 Å². The lowest BCUT2D eigenvalue weighted by molar-refractivity contribution is -0.0725. The second kappa shape index (κ2) is 5.10. The summed E-state index contributed by atoms with van der Waals surface area (Å²) in [6.07, 6.45) is 3.29. The van der Waals surface area contributed by atoms with Crippen molar-refractivity contribution in [2.24, 2.45) is 11.1 Å². The van der Waals surface area contributed by atoms with Gasteiger partial charge in [-0.15, -0.1) is 0 Å². The van der Waals surface area contributed by atoms with Gasteiger partial charge in [-0.1, -0.05) is 31.5 Å². The van der Waals surface area contributed by atoms with E-state index in [2.05, 4.69) is 13.8 Å². The number of aryl methyl sites for hydroxylation is 1. The summed E-state index contributed by atoms with van der Waals surface area (Å²) >= 11 is 6.02. The van der Waals surface area contributed by atoms with E-state index < -0.39 is 0 Å². The van der Waals surface area contributed by atoms with E-state index in [4.69, 9.17) is 22.1 Å². The van der Waals surface area contributed by atoms with Crippen LogP contribution in [0.4, 0.5) is 0 Å². The summed E-state index contributed by atoms with van der Waals surface area (Å²) in [6.45, 7) is 6.44. The maximum atomic E-state index is 6.18. The Morgan fingerprint density at radius 1 is 1.39 bits per heavy atom. The van der Waals surface area contributed by atoms with Gasteiger partial charge in [-0.2, -0.15) is 0 Å². The smallest absolute Gasteiger partial charge is 0.124 e. The highest BCUT2D eigenvalue weighted by atomic mass is 35.5. The first-order valence-corrected chi connectivity index (χ1v) is 7.09. The molecule has 3 heteroatoms. The van der Waals surface area contributed by atoms with Gasteiger partial charge in [0, 0.05) is 22.9 Å². The minimum atomic E-state index is 0.134. The lowest BCUT2D eigenvalue weighted by atomic mass is 9.59. The number of ether oxygens (including phenoxy) is 1. The summed E-state index contributed by atoms with van der Waals surface area (Å²) in [4.78, 5) is 0. The number of halogens is 1. The quantitative estimate of drug-likeness (QED) is 0.897. The van der Waals surface area contributed by atoms with Crippen molar-refractivity contribution in [2.75, 3.05) is 0 Å². The predicted octanol–water partition coefficient (Wildman–Crippen LogP) is 3.93. The first kappa shape index (κ1) is 13.7. The van der Waals surface area contributed by atoms with E-state index in [9.17, 15) is 0 Å². The fraction of sp³-hybridized carbons (Fsp3) is 0.600. The standard InChI is InChI=1S/C15H22ClNO/c1-4-15(5-2)13(17)9-14(15)18-12-8-11(16)7-6-10(12)3/h6-8,13-14H,4-5,9,17H2,1-3H3. The fourth-order valence-electron chi connectivity index (χ4n) is 3.03. The Morgan fingerprint density at radius 3 is 2.61 bits per heavy atom. The lowest BCUT2D eigenvalue weighted by Crippen LogP contribution is -2.63. The van der Waals surface area contributed by atoms with Gasteiger partial charge in [0.25, 0.3) is 0 Å². The van der Waals surface area contributed by atoms with Crippen LogP contribution in [0.3, 0.4) is 0 Å². The van der Waals surface area contributed by atoms with Crippen LogP contribution in [0, 0.1) is 12.3 Å². The van der Waals surface area contributed by atoms with Crippen LogP contribution in [0.5, 0.6) is 5.75 Å². The highest BCUT2D eigenvalue weighted by molar-refractivity contribution is 6.30. The molecule has 1 aromatic carbocycles. The van der Waals surface area contributed by atoms with Gasteiger partial charge >= 0.3 is 0 Å². The summed E-state index contributed by atoms with van der Waals surface area (Å²) in [5.41, 5.74) is 7.44. The van der Waals surface area contributed by atoms with Gasteiger partial charge in [-0.3, -0.25) is 0 Å². The van der Waals surface area contributed by atoms with Crippen molar-refractivity contribution in [1.29, 1.82) is 0 Å². The molecule has 0 bridgehead atoms. The molecule has 2 N–H and O–H groups in total. The van der Waals surface area contributed by atoms with Crippen molar-refractivity contribution >= 4 is 11.6 Å². The Balaban J connectivity index is 2.17. The first-order chi connectivity index (χ1) is 8.53. The van der Waals surface area contributed by atoms with Gasteiger partial charge in [0.2, 0.25) is 0 Å². The number of benzene rings is 1. The van der Waals surface area contributed by atoms with Crippen molar-refractivity contribution in [1.82, 2.24) is 0 Å². The predicted molar refractivity (Wildman–Crippen MR) is 76.2 cm³/mol. The molecule has 0 spiro atoms. The van der Waals surface area contributed by atoms with Gasteiger partial charge in [-0.25, -0.2) is 0 Å². The van der Waals surface area contributed by atoms with Gasteiger partial charge in [0.05, 0.1) is 0 Å². The van der Waals surface area contributed by atoms with E-state index in [0.717, 1.165) is 35.6 Å². The van der Waals surface area contributed by atoms with Gasteiger partial charge < -0.3 is 10.5 Å². The Morgan fingerprint density at radius 2 is 2.06 bits per heavy atom. The lowest BCUT2D eigenvalue weighted by Gasteiger charge is -2.53. The van der Waals surface area contributed by atoms with E-state index in [0.29, 0.717) is 0 Å². The van der Waals surface area contributed by atoms with Crippen LogP contribution in [-0.2, 0) is 0 Å². The number of hydrogen-bond donors (Lipinski definition) is 1. The number of rotatable bonds is 4. The SMILES string of the molecule is CCC1(CC)C(N)CC1Oc1cc(Cl)ccc1C. The average Bonchev–Trinajstić information content (AvgIpc) is 2.35. The zero-order valence-electron chi connectivity index (χ0n) is 11.4. The van der Waals surface area contributed by atoms with E-state index in [1.165, 1.54) is 0 Å². The molecule has 1 aliphatic rings. The Hall–Kier alpha value is -0.730. The monoisotopic (exact) mass is 267 g/mol. The summed E-state index contributed by atoms with van der Waals surface area (Å²) in [6, 6.07) is 6.05. The van der Waals surface area contributed by atoms with Crippen molar-refractivity contribution in [3.8, 4) is 5.75 Å². The largest absolute Gasteiger partial charge is 0.489 e. The van der Waals surface area contributed by atoms with Crippen molar-refractivity contribution in [3.63, 3.8) is 0 Å². The van der Waals surface area contributed by atoms with Crippen LogP contribution >= 0.6 is 11.6 Å². The molecule has 2 atom stereocenters. The molecule has 1 fully saturated rings. The van der Waals surface area contributed by atoms with E-state index in [-0.39, 0.29) is 17.6 Å². The molecule has 2 unspecified atom stereocenters. The zero-order chi connectivity index (χ0) is 13.3. The number of hydrogen-bond acceptors (Lipinski definition) is 2. The molecule has 2 nitrogen and oxygen atoms in total. The summed E-state index contributed by atoms with van der Waals surface area (Å²) < 4.78 is 6.17. The van der Waals surface area contributed by atoms with Crippen molar-refractivity contribution in [2.45, 2.75) is 52.2 Å². The van der Waals surface area contributed by atoms with Crippen molar-refractivity contribution < 1.29 is 4.74 Å². The Bertz CT molecular complexity index is 429.